The van der Waals surface area contributed by atoms with Gasteiger partial charge in [0.05, 0.1) is 0 Å². The van der Waals surface area contributed by atoms with E-state index in [0.717, 1.165) is 0 Å². The molecule has 2 rings (SSSR count). The number of carbonyl (C=O) groups excluding carboxylic acids is 1. The Kier molecular flexibility index (Phi) is 4.08. The number of nitrogens with zero attached hydrogens (tertiary/aromatic N) is 1. The van der Waals surface area contributed by atoms with Gasteiger partial charge in [0.25, 0.3) is 0 Å². The SMILES string of the molecule is C=CCOC(=O)N1CCCC1(C(=O)O)c1ccccc1. The fraction of sp³-hybridized carbons (Fsp3) is 0.333. The van der Waals surface area contributed by atoms with Gasteiger partial charge in [0.1, 0.15) is 6.61 Å². The topological polar surface area (TPSA) is 66.8 Å². The molecule has 1 atom stereocenters. The van der Waals surface area contributed by atoms with E-state index in [2.05, 4.69) is 6.58 Å². The molecule has 20 heavy (non-hydrogen) atoms. The van der Waals surface area contributed by atoms with E-state index in [1.54, 1.807) is 24.3 Å². The fourth-order valence-corrected chi connectivity index (χ4v) is 2.63. The van der Waals surface area contributed by atoms with Gasteiger partial charge in [-0.25, -0.2) is 9.59 Å². The molecule has 1 aromatic rings. The van der Waals surface area contributed by atoms with Crippen LogP contribution in [0.4, 0.5) is 4.79 Å². The van der Waals surface area contributed by atoms with Crippen molar-refractivity contribution >= 4 is 12.1 Å². The van der Waals surface area contributed by atoms with E-state index < -0.39 is 17.6 Å². The molecule has 1 amide bonds. The first-order valence-electron chi connectivity index (χ1n) is 6.47. The zero-order valence-corrected chi connectivity index (χ0v) is 11.1. The lowest BCUT2D eigenvalue weighted by Crippen LogP contribution is -2.50. The van der Waals surface area contributed by atoms with Crippen molar-refractivity contribution in [3.05, 3.63) is 48.6 Å². The van der Waals surface area contributed by atoms with Gasteiger partial charge >= 0.3 is 12.1 Å². The van der Waals surface area contributed by atoms with Crippen molar-refractivity contribution in [1.29, 1.82) is 0 Å². The maximum atomic E-state index is 12.1. The molecule has 0 aromatic heterocycles. The summed E-state index contributed by atoms with van der Waals surface area (Å²) in [6, 6.07) is 8.81. The van der Waals surface area contributed by atoms with E-state index >= 15 is 0 Å². The molecule has 1 aliphatic heterocycles. The molecule has 1 aliphatic rings. The van der Waals surface area contributed by atoms with Crippen LogP contribution < -0.4 is 0 Å². The van der Waals surface area contributed by atoms with Gasteiger partial charge in [-0.3, -0.25) is 4.90 Å². The minimum absolute atomic E-state index is 0.0693. The Labute approximate surface area is 117 Å². The average molecular weight is 275 g/mol. The van der Waals surface area contributed by atoms with Crippen LogP contribution in [0, 0.1) is 0 Å². The van der Waals surface area contributed by atoms with E-state index in [1.807, 2.05) is 6.07 Å². The van der Waals surface area contributed by atoms with Gasteiger partial charge < -0.3 is 9.84 Å². The van der Waals surface area contributed by atoms with Crippen LogP contribution in [0.15, 0.2) is 43.0 Å². The highest BCUT2D eigenvalue weighted by atomic mass is 16.6. The smallest absolute Gasteiger partial charge is 0.411 e. The number of ether oxygens (including phenoxy) is 1. The van der Waals surface area contributed by atoms with Crippen molar-refractivity contribution < 1.29 is 19.4 Å². The molecular weight excluding hydrogens is 258 g/mol. The highest BCUT2D eigenvalue weighted by Gasteiger charge is 2.52. The lowest BCUT2D eigenvalue weighted by Gasteiger charge is -2.34. The molecule has 0 spiro atoms. The minimum atomic E-state index is -1.33. The van der Waals surface area contributed by atoms with Crippen LogP contribution in [0.2, 0.25) is 0 Å². The Balaban J connectivity index is 2.38. The molecule has 1 unspecified atom stereocenters. The van der Waals surface area contributed by atoms with Crippen LogP contribution in [0.25, 0.3) is 0 Å². The fourth-order valence-electron chi connectivity index (χ4n) is 2.63. The van der Waals surface area contributed by atoms with Crippen molar-refractivity contribution in [1.82, 2.24) is 4.90 Å². The normalized spacial score (nSPS) is 21.5. The molecule has 5 nitrogen and oxygen atoms in total. The zero-order valence-electron chi connectivity index (χ0n) is 11.1. The quantitative estimate of drug-likeness (QED) is 0.857. The van der Waals surface area contributed by atoms with Crippen molar-refractivity contribution in [3.8, 4) is 0 Å². The summed E-state index contributed by atoms with van der Waals surface area (Å²) in [5, 5.41) is 9.69. The number of rotatable bonds is 4. The third-order valence-corrected chi connectivity index (χ3v) is 3.53. The first kappa shape index (κ1) is 14.1. The van der Waals surface area contributed by atoms with Gasteiger partial charge in [-0.05, 0) is 18.4 Å². The number of aliphatic carboxylic acids is 1. The summed E-state index contributed by atoms with van der Waals surface area (Å²) in [7, 11) is 0. The Bertz CT molecular complexity index is 514. The molecule has 0 aliphatic carbocycles. The molecule has 0 saturated carbocycles. The van der Waals surface area contributed by atoms with Crippen LogP contribution in [0.3, 0.4) is 0 Å². The van der Waals surface area contributed by atoms with Crippen molar-refractivity contribution in [2.24, 2.45) is 0 Å². The second-order valence-corrected chi connectivity index (χ2v) is 4.65. The number of benzene rings is 1. The van der Waals surface area contributed by atoms with Crippen LogP contribution in [0.1, 0.15) is 18.4 Å². The Morgan fingerprint density at radius 3 is 2.70 bits per heavy atom. The number of likely N-dealkylation sites (tertiary alicyclic amines) is 1. The first-order valence-corrected chi connectivity index (χ1v) is 6.47. The Hall–Kier alpha value is -2.30. The molecule has 1 aromatic carbocycles. The van der Waals surface area contributed by atoms with Gasteiger partial charge in [0, 0.05) is 6.54 Å². The third-order valence-electron chi connectivity index (χ3n) is 3.53. The molecule has 1 heterocycles. The van der Waals surface area contributed by atoms with Crippen molar-refractivity contribution in [3.63, 3.8) is 0 Å². The maximum Gasteiger partial charge on any atom is 0.411 e. The van der Waals surface area contributed by atoms with Crippen LogP contribution in [-0.4, -0.2) is 35.2 Å². The largest absolute Gasteiger partial charge is 0.479 e. The number of amides is 1. The summed E-state index contributed by atoms with van der Waals surface area (Å²) < 4.78 is 5.01. The summed E-state index contributed by atoms with van der Waals surface area (Å²) in [5.41, 5.74) is -0.736. The summed E-state index contributed by atoms with van der Waals surface area (Å²) in [4.78, 5) is 25.2. The van der Waals surface area contributed by atoms with E-state index in [1.165, 1.54) is 11.0 Å². The van der Waals surface area contributed by atoms with Crippen molar-refractivity contribution in [2.45, 2.75) is 18.4 Å². The van der Waals surface area contributed by atoms with Gasteiger partial charge in [0.15, 0.2) is 5.54 Å². The Morgan fingerprint density at radius 1 is 1.40 bits per heavy atom. The van der Waals surface area contributed by atoms with Gasteiger partial charge in [-0.2, -0.15) is 0 Å². The number of carboxylic acids is 1. The standard InChI is InChI=1S/C15H17NO4/c1-2-11-20-14(19)16-10-6-9-15(16,13(17)18)12-7-4-3-5-8-12/h2-5,7-8H,1,6,9-11H2,(H,17,18). The predicted octanol–water partition coefficient (Wildman–Crippen LogP) is 2.38. The van der Waals surface area contributed by atoms with Crippen molar-refractivity contribution in [2.75, 3.05) is 13.2 Å². The molecular formula is C15H17NO4. The second-order valence-electron chi connectivity index (χ2n) is 4.65. The molecule has 0 radical (unpaired) electrons. The minimum Gasteiger partial charge on any atom is -0.479 e. The molecule has 5 heteroatoms. The maximum absolute atomic E-state index is 12.1. The van der Waals surface area contributed by atoms with Crippen LogP contribution in [0.5, 0.6) is 0 Å². The lowest BCUT2D eigenvalue weighted by atomic mass is 9.87. The summed E-state index contributed by atoms with van der Waals surface area (Å²) in [6.07, 6.45) is 1.85. The van der Waals surface area contributed by atoms with Gasteiger partial charge in [0.2, 0.25) is 0 Å². The number of carboxylic acid groups (broad SMARTS) is 1. The average Bonchev–Trinajstić information content (AvgIpc) is 2.91. The Morgan fingerprint density at radius 2 is 2.10 bits per heavy atom. The second kappa shape index (κ2) is 5.77. The highest BCUT2D eigenvalue weighted by molar-refractivity contribution is 5.86. The van der Waals surface area contributed by atoms with Crippen LogP contribution >= 0.6 is 0 Å². The number of carbonyl (C=O) groups is 2. The number of hydrogen-bond donors (Lipinski definition) is 1. The third kappa shape index (κ3) is 2.27. The summed E-state index contributed by atoms with van der Waals surface area (Å²) in [5.74, 6) is -1.03. The van der Waals surface area contributed by atoms with E-state index in [9.17, 15) is 14.7 Å². The first-order chi connectivity index (χ1) is 9.63. The monoisotopic (exact) mass is 275 g/mol. The van der Waals surface area contributed by atoms with Crippen LogP contribution in [-0.2, 0) is 15.1 Å². The molecule has 1 saturated heterocycles. The summed E-state index contributed by atoms with van der Waals surface area (Å²) >= 11 is 0. The molecule has 1 fully saturated rings. The van der Waals surface area contributed by atoms with Gasteiger partial charge in [-0.1, -0.05) is 43.0 Å². The molecule has 106 valence electrons. The van der Waals surface area contributed by atoms with E-state index in [-0.39, 0.29) is 6.61 Å². The lowest BCUT2D eigenvalue weighted by molar-refractivity contribution is -0.149. The van der Waals surface area contributed by atoms with E-state index in [0.29, 0.717) is 24.9 Å². The molecule has 0 bridgehead atoms. The summed E-state index contributed by atoms with van der Waals surface area (Å²) in [6.45, 7) is 3.92. The predicted molar refractivity (Wildman–Crippen MR) is 73.2 cm³/mol. The highest BCUT2D eigenvalue weighted by Crippen LogP contribution is 2.39. The van der Waals surface area contributed by atoms with E-state index in [4.69, 9.17) is 4.74 Å². The zero-order chi connectivity index (χ0) is 14.6. The number of hydrogen-bond acceptors (Lipinski definition) is 3. The van der Waals surface area contributed by atoms with Gasteiger partial charge in [-0.15, -0.1) is 0 Å². The molecule has 1 N–H and O–H groups in total.